The number of methoxy groups -OCH3 is 1. The lowest BCUT2D eigenvalue weighted by atomic mass is 9.98. The van der Waals surface area contributed by atoms with E-state index < -0.39 is 18.1 Å². The SMILES string of the molecule is CO[C@@H]1CCN(C(=O)OCC2c3ccccc3-c3ccccc32)[C@H](C(=O)O)C1. The van der Waals surface area contributed by atoms with Crippen molar-refractivity contribution in [2.24, 2.45) is 0 Å². The zero-order valence-corrected chi connectivity index (χ0v) is 15.7. The second-order valence-corrected chi connectivity index (χ2v) is 7.23. The number of aliphatic carboxylic acids is 1. The van der Waals surface area contributed by atoms with Gasteiger partial charge in [-0.2, -0.15) is 0 Å². The Morgan fingerprint density at radius 2 is 1.68 bits per heavy atom. The first kappa shape index (κ1) is 18.5. The summed E-state index contributed by atoms with van der Waals surface area (Å²) in [7, 11) is 1.56. The van der Waals surface area contributed by atoms with Gasteiger partial charge in [0, 0.05) is 26.0 Å². The Kier molecular flexibility index (Phi) is 5.05. The van der Waals surface area contributed by atoms with Crippen LogP contribution < -0.4 is 0 Å². The van der Waals surface area contributed by atoms with E-state index in [4.69, 9.17) is 9.47 Å². The fourth-order valence-corrected chi connectivity index (χ4v) is 4.28. The number of carboxylic acids is 1. The number of ether oxygens (including phenoxy) is 2. The van der Waals surface area contributed by atoms with Crippen LogP contribution in [0.5, 0.6) is 0 Å². The number of fused-ring (bicyclic) bond motifs is 3. The maximum absolute atomic E-state index is 12.7. The molecule has 0 spiro atoms. The van der Waals surface area contributed by atoms with E-state index in [1.807, 2.05) is 24.3 Å². The Hall–Kier alpha value is -2.86. The number of piperidine rings is 1. The largest absolute Gasteiger partial charge is 0.480 e. The molecule has 1 heterocycles. The molecule has 1 aliphatic carbocycles. The van der Waals surface area contributed by atoms with Gasteiger partial charge in [0.1, 0.15) is 12.6 Å². The number of carbonyl (C=O) groups excluding carboxylic acids is 1. The third kappa shape index (κ3) is 3.24. The van der Waals surface area contributed by atoms with Crippen LogP contribution in [0.3, 0.4) is 0 Å². The molecule has 0 saturated carbocycles. The van der Waals surface area contributed by atoms with Gasteiger partial charge in [0.25, 0.3) is 0 Å². The van der Waals surface area contributed by atoms with Gasteiger partial charge in [-0.3, -0.25) is 4.90 Å². The molecular formula is C22H23NO5. The van der Waals surface area contributed by atoms with Gasteiger partial charge in [-0.25, -0.2) is 9.59 Å². The Morgan fingerprint density at radius 3 is 2.25 bits per heavy atom. The Morgan fingerprint density at radius 1 is 1.07 bits per heavy atom. The predicted molar refractivity (Wildman–Crippen MR) is 103 cm³/mol. The third-order valence-corrected chi connectivity index (χ3v) is 5.74. The van der Waals surface area contributed by atoms with Gasteiger partial charge in [0.05, 0.1) is 6.10 Å². The zero-order chi connectivity index (χ0) is 19.7. The van der Waals surface area contributed by atoms with Crippen molar-refractivity contribution in [2.75, 3.05) is 20.3 Å². The highest BCUT2D eigenvalue weighted by Gasteiger charge is 2.38. The van der Waals surface area contributed by atoms with Gasteiger partial charge in [-0.15, -0.1) is 0 Å². The lowest BCUT2D eigenvalue weighted by Crippen LogP contribution is -2.52. The summed E-state index contributed by atoms with van der Waals surface area (Å²) in [5.41, 5.74) is 4.57. The average molecular weight is 381 g/mol. The Balaban J connectivity index is 1.50. The highest BCUT2D eigenvalue weighted by atomic mass is 16.6. The highest BCUT2D eigenvalue weighted by Crippen LogP contribution is 2.44. The molecule has 0 aromatic heterocycles. The molecule has 0 unspecified atom stereocenters. The van der Waals surface area contributed by atoms with Crippen LogP contribution in [-0.4, -0.2) is 54.5 Å². The van der Waals surface area contributed by atoms with Crippen molar-refractivity contribution in [3.63, 3.8) is 0 Å². The van der Waals surface area contributed by atoms with Crippen LogP contribution in [0.25, 0.3) is 11.1 Å². The average Bonchev–Trinajstić information content (AvgIpc) is 3.05. The zero-order valence-electron chi connectivity index (χ0n) is 15.7. The highest BCUT2D eigenvalue weighted by molar-refractivity contribution is 5.81. The van der Waals surface area contributed by atoms with Crippen LogP contribution in [0.2, 0.25) is 0 Å². The number of carbonyl (C=O) groups is 2. The van der Waals surface area contributed by atoms with Crippen LogP contribution in [0.15, 0.2) is 48.5 Å². The van der Waals surface area contributed by atoms with Crippen molar-refractivity contribution in [2.45, 2.75) is 30.9 Å². The molecule has 1 fully saturated rings. The molecule has 6 heteroatoms. The van der Waals surface area contributed by atoms with Gasteiger partial charge in [-0.05, 0) is 28.7 Å². The summed E-state index contributed by atoms with van der Waals surface area (Å²) in [6.07, 6.45) is 0.142. The van der Waals surface area contributed by atoms with Gasteiger partial charge >= 0.3 is 12.1 Å². The number of nitrogens with zero attached hydrogens (tertiary/aromatic N) is 1. The van der Waals surface area contributed by atoms with Crippen LogP contribution in [0.4, 0.5) is 4.79 Å². The Bertz CT molecular complexity index is 851. The van der Waals surface area contributed by atoms with Crippen LogP contribution in [0.1, 0.15) is 29.9 Å². The van der Waals surface area contributed by atoms with Gasteiger partial charge < -0.3 is 14.6 Å². The molecule has 0 radical (unpaired) electrons. The molecule has 0 bridgehead atoms. The van der Waals surface area contributed by atoms with E-state index >= 15 is 0 Å². The molecule has 28 heavy (non-hydrogen) atoms. The summed E-state index contributed by atoms with van der Waals surface area (Å²) in [4.78, 5) is 25.6. The summed E-state index contributed by atoms with van der Waals surface area (Å²) in [5.74, 6) is -1.08. The second kappa shape index (κ2) is 7.64. The van der Waals surface area contributed by atoms with E-state index in [0.717, 1.165) is 22.3 Å². The van der Waals surface area contributed by atoms with Crippen molar-refractivity contribution in [1.82, 2.24) is 4.90 Å². The van der Waals surface area contributed by atoms with Crippen molar-refractivity contribution in [3.05, 3.63) is 59.7 Å². The molecule has 2 aliphatic rings. The van der Waals surface area contributed by atoms with Gasteiger partial charge in [-0.1, -0.05) is 48.5 Å². The van der Waals surface area contributed by atoms with Crippen LogP contribution in [0, 0.1) is 0 Å². The third-order valence-electron chi connectivity index (χ3n) is 5.74. The molecule has 1 amide bonds. The van der Waals surface area contributed by atoms with E-state index in [1.54, 1.807) is 7.11 Å². The standard InChI is InChI=1S/C22H23NO5/c1-27-14-10-11-23(20(12-14)21(24)25)22(26)28-13-19-17-8-4-2-6-15(17)16-7-3-5-9-18(16)19/h2-9,14,19-20H,10-13H2,1H3,(H,24,25)/t14-,20+/m1/s1. The molecule has 2 aromatic carbocycles. The minimum atomic E-state index is -1.03. The predicted octanol–water partition coefficient (Wildman–Crippen LogP) is 3.50. The monoisotopic (exact) mass is 381 g/mol. The fraction of sp³-hybridized carbons (Fsp3) is 0.364. The smallest absolute Gasteiger partial charge is 0.410 e. The maximum atomic E-state index is 12.7. The van der Waals surface area contributed by atoms with Gasteiger partial charge in [0.15, 0.2) is 0 Å². The number of hydrogen-bond donors (Lipinski definition) is 1. The summed E-state index contributed by atoms with van der Waals surface area (Å²) in [6.45, 7) is 0.496. The first-order chi connectivity index (χ1) is 13.6. The lowest BCUT2D eigenvalue weighted by molar-refractivity contribution is -0.146. The molecule has 146 valence electrons. The molecule has 2 aromatic rings. The molecule has 6 nitrogen and oxygen atoms in total. The van der Waals surface area contributed by atoms with Crippen molar-refractivity contribution >= 4 is 12.1 Å². The molecule has 2 atom stereocenters. The molecular weight excluding hydrogens is 358 g/mol. The quantitative estimate of drug-likeness (QED) is 0.877. The number of amides is 1. The van der Waals surface area contributed by atoms with E-state index in [0.29, 0.717) is 13.0 Å². The number of carboxylic acid groups (broad SMARTS) is 1. The molecule has 1 saturated heterocycles. The normalized spacial score (nSPS) is 21.1. The van der Waals surface area contributed by atoms with E-state index in [2.05, 4.69) is 24.3 Å². The van der Waals surface area contributed by atoms with E-state index in [1.165, 1.54) is 4.90 Å². The van der Waals surface area contributed by atoms with Crippen molar-refractivity contribution in [1.29, 1.82) is 0 Å². The van der Waals surface area contributed by atoms with E-state index in [9.17, 15) is 14.7 Å². The van der Waals surface area contributed by atoms with E-state index in [-0.39, 0.29) is 25.0 Å². The summed E-state index contributed by atoms with van der Waals surface area (Å²) >= 11 is 0. The minimum absolute atomic E-state index is 0.0452. The number of benzene rings is 2. The first-order valence-corrected chi connectivity index (χ1v) is 9.47. The Labute approximate surface area is 163 Å². The number of likely N-dealkylation sites (tertiary alicyclic amines) is 1. The molecule has 1 N–H and O–H groups in total. The van der Waals surface area contributed by atoms with Gasteiger partial charge in [0.2, 0.25) is 0 Å². The van der Waals surface area contributed by atoms with Crippen molar-refractivity contribution in [3.8, 4) is 11.1 Å². The molecule has 1 aliphatic heterocycles. The second-order valence-electron chi connectivity index (χ2n) is 7.23. The lowest BCUT2D eigenvalue weighted by Gasteiger charge is -2.35. The van der Waals surface area contributed by atoms with Crippen molar-refractivity contribution < 1.29 is 24.2 Å². The maximum Gasteiger partial charge on any atom is 0.410 e. The van der Waals surface area contributed by atoms with Crippen LogP contribution in [-0.2, 0) is 14.3 Å². The summed E-state index contributed by atoms with van der Waals surface area (Å²) in [6, 6.07) is 15.3. The van der Waals surface area contributed by atoms with Crippen LogP contribution >= 0.6 is 0 Å². The summed E-state index contributed by atoms with van der Waals surface area (Å²) in [5, 5.41) is 9.51. The summed E-state index contributed by atoms with van der Waals surface area (Å²) < 4.78 is 10.9. The first-order valence-electron chi connectivity index (χ1n) is 9.47. The fourth-order valence-electron chi connectivity index (χ4n) is 4.28. The number of rotatable bonds is 4. The molecule has 4 rings (SSSR count). The minimum Gasteiger partial charge on any atom is -0.480 e. The topological polar surface area (TPSA) is 76.1 Å². The number of hydrogen-bond acceptors (Lipinski definition) is 4.